The Hall–Kier alpha value is -1.59. The molecule has 1 aliphatic heterocycles. The Labute approximate surface area is 133 Å². The van der Waals surface area contributed by atoms with Gasteiger partial charge in [-0.15, -0.1) is 0 Å². The second-order valence-electron chi connectivity index (χ2n) is 6.02. The Bertz CT molecular complexity index is 453. The molecule has 1 aliphatic rings. The summed E-state index contributed by atoms with van der Waals surface area (Å²) in [5.41, 5.74) is 1.09. The molecule has 122 valence electrons. The number of nitrogens with zero attached hydrogens (tertiary/aromatic N) is 1. The Morgan fingerprint density at radius 3 is 2.73 bits per heavy atom. The van der Waals surface area contributed by atoms with Gasteiger partial charge in [0.2, 0.25) is 5.91 Å². The molecule has 1 aromatic rings. The van der Waals surface area contributed by atoms with Crippen LogP contribution in [0.2, 0.25) is 0 Å². The highest BCUT2D eigenvalue weighted by Gasteiger charge is 2.19. The number of hydrogen-bond donors (Lipinski definition) is 2. The van der Waals surface area contributed by atoms with Gasteiger partial charge in [0.15, 0.2) is 0 Å². The van der Waals surface area contributed by atoms with Crippen LogP contribution in [0.15, 0.2) is 24.3 Å². The number of carbonyl (C=O) groups excluding carboxylic acids is 1. The topological polar surface area (TPSA) is 53.6 Å². The molecule has 2 rings (SSSR count). The molecule has 1 heterocycles. The standard InChI is InChI=1S/C17H27N3O2/c1-20(2)11-12-22-15-8-6-14(7-9-15)13-19-17(21)16-5-3-4-10-18-16/h6-9,16,18H,3-5,10-13H2,1-2H3,(H,19,21)/t16-/m1/s1. The van der Waals surface area contributed by atoms with Gasteiger partial charge in [0.25, 0.3) is 0 Å². The van der Waals surface area contributed by atoms with Crippen molar-refractivity contribution in [1.82, 2.24) is 15.5 Å². The number of amides is 1. The van der Waals surface area contributed by atoms with E-state index in [4.69, 9.17) is 4.74 Å². The summed E-state index contributed by atoms with van der Waals surface area (Å²) in [4.78, 5) is 14.1. The first-order valence-corrected chi connectivity index (χ1v) is 8.03. The molecule has 5 heteroatoms. The number of benzene rings is 1. The van der Waals surface area contributed by atoms with Gasteiger partial charge in [-0.1, -0.05) is 18.6 Å². The zero-order valence-corrected chi connectivity index (χ0v) is 13.6. The lowest BCUT2D eigenvalue weighted by molar-refractivity contribution is -0.123. The van der Waals surface area contributed by atoms with Gasteiger partial charge in [-0.3, -0.25) is 4.79 Å². The Morgan fingerprint density at radius 1 is 1.32 bits per heavy atom. The molecule has 0 saturated carbocycles. The Balaban J connectivity index is 1.72. The molecule has 1 amide bonds. The van der Waals surface area contributed by atoms with Gasteiger partial charge in [-0.2, -0.15) is 0 Å². The smallest absolute Gasteiger partial charge is 0.237 e. The highest BCUT2D eigenvalue weighted by molar-refractivity contribution is 5.81. The third-order valence-corrected chi connectivity index (χ3v) is 3.82. The van der Waals surface area contributed by atoms with Crippen LogP contribution in [0, 0.1) is 0 Å². The van der Waals surface area contributed by atoms with Crippen LogP contribution in [-0.2, 0) is 11.3 Å². The highest BCUT2D eigenvalue weighted by Crippen LogP contribution is 2.12. The van der Waals surface area contributed by atoms with Crippen LogP contribution >= 0.6 is 0 Å². The normalized spacial score (nSPS) is 18.2. The highest BCUT2D eigenvalue weighted by atomic mass is 16.5. The van der Waals surface area contributed by atoms with Crippen LogP contribution in [0.1, 0.15) is 24.8 Å². The monoisotopic (exact) mass is 305 g/mol. The van der Waals surface area contributed by atoms with Crippen molar-refractivity contribution in [2.75, 3.05) is 33.8 Å². The molecule has 2 N–H and O–H groups in total. The molecule has 1 atom stereocenters. The summed E-state index contributed by atoms with van der Waals surface area (Å²) in [5, 5.41) is 6.26. The van der Waals surface area contributed by atoms with Crippen molar-refractivity contribution in [3.63, 3.8) is 0 Å². The maximum Gasteiger partial charge on any atom is 0.237 e. The van der Waals surface area contributed by atoms with Crippen molar-refractivity contribution < 1.29 is 9.53 Å². The first-order chi connectivity index (χ1) is 10.6. The summed E-state index contributed by atoms with van der Waals surface area (Å²) >= 11 is 0. The molecule has 0 spiro atoms. The van der Waals surface area contributed by atoms with Crippen LogP contribution in [0.4, 0.5) is 0 Å². The average Bonchev–Trinajstić information content (AvgIpc) is 2.54. The van der Waals surface area contributed by atoms with Gasteiger partial charge in [0.1, 0.15) is 12.4 Å². The summed E-state index contributed by atoms with van der Waals surface area (Å²) in [6, 6.07) is 7.88. The molecule has 5 nitrogen and oxygen atoms in total. The van der Waals surface area contributed by atoms with E-state index in [2.05, 4.69) is 15.5 Å². The minimum atomic E-state index is -0.0256. The number of ether oxygens (including phenoxy) is 1. The minimum Gasteiger partial charge on any atom is -0.492 e. The molecule has 22 heavy (non-hydrogen) atoms. The molecular formula is C17H27N3O2. The average molecular weight is 305 g/mol. The van der Waals surface area contributed by atoms with Gasteiger partial charge in [0, 0.05) is 13.1 Å². The van der Waals surface area contributed by atoms with Gasteiger partial charge in [-0.25, -0.2) is 0 Å². The molecule has 0 unspecified atom stereocenters. The zero-order chi connectivity index (χ0) is 15.8. The lowest BCUT2D eigenvalue weighted by Crippen LogP contribution is -2.46. The first kappa shape index (κ1) is 16.8. The van der Waals surface area contributed by atoms with Gasteiger partial charge in [-0.05, 0) is 51.2 Å². The second-order valence-corrected chi connectivity index (χ2v) is 6.02. The second kappa shape index (κ2) is 8.76. The molecule has 0 aliphatic carbocycles. The van der Waals surface area contributed by atoms with E-state index in [1.807, 2.05) is 38.4 Å². The zero-order valence-electron chi connectivity index (χ0n) is 13.6. The van der Waals surface area contributed by atoms with E-state index in [-0.39, 0.29) is 11.9 Å². The van der Waals surface area contributed by atoms with Crippen molar-refractivity contribution in [3.8, 4) is 5.75 Å². The van der Waals surface area contributed by atoms with E-state index in [0.717, 1.165) is 37.2 Å². The molecular weight excluding hydrogens is 278 g/mol. The van der Waals surface area contributed by atoms with E-state index in [0.29, 0.717) is 13.2 Å². The van der Waals surface area contributed by atoms with E-state index in [1.54, 1.807) is 0 Å². The number of likely N-dealkylation sites (N-methyl/N-ethyl adjacent to an activating group) is 1. The fourth-order valence-electron chi connectivity index (χ4n) is 2.44. The van der Waals surface area contributed by atoms with Crippen LogP contribution in [0.3, 0.4) is 0 Å². The third-order valence-electron chi connectivity index (χ3n) is 3.82. The SMILES string of the molecule is CN(C)CCOc1ccc(CNC(=O)[C@H]2CCCCN2)cc1. The lowest BCUT2D eigenvalue weighted by Gasteiger charge is -2.22. The molecule has 1 fully saturated rings. The molecule has 0 aromatic heterocycles. The maximum atomic E-state index is 12.0. The number of piperidine rings is 1. The van der Waals surface area contributed by atoms with Crippen LogP contribution in [0.25, 0.3) is 0 Å². The number of carbonyl (C=O) groups is 1. The number of hydrogen-bond acceptors (Lipinski definition) is 4. The summed E-state index contributed by atoms with van der Waals surface area (Å²) in [6.45, 7) is 3.08. The van der Waals surface area contributed by atoms with Crippen molar-refractivity contribution in [2.24, 2.45) is 0 Å². The minimum absolute atomic E-state index is 0.0256. The fourth-order valence-corrected chi connectivity index (χ4v) is 2.44. The summed E-state index contributed by atoms with van der Waals surface area (Å²) < 4.78 is 5.65. The summed E-state index contributed by atoms with van der Waals surface area (Å²) in [5.74, 6) is 0.969. The predicted molar refractivity (Wildman–Crippen MR) is 88.0 cm³/mol. The van der Waals surface area contributed by atoms with Crippen molar-refractivity contribution in [3.05, 3.63) is 29.8 Å². The van der Waals surface area contributed by atoms with Gasteiger partial charge >= 0.3 is 0 Å². The summed E-state index contributed by atoms with van der Waals surface area (Å²) in [6.07, 6.45) is 3.23. The molecule has 0 radical (unpaired) electrons. The largest absolute Gasteiger partial charge is 0.492 e. The Kier molecular flexibility index (Phi) is 6.68. The van der Waals surface area contributed by atoms with Crippen molar-refractivity contribution in [1.29, 1.82) is 0 Å². The number of rotatable bonds is 7. The summed E-state index contributed by atoms with van der Waals surface area (Å²) in [7, 11) is 4.05. The molecule has 1 saturated heterocycles. The predicted octanol–water partition coefficient (Wildman–Crippen LogP) is 1.39. The van der Waals surface area contributed by atoms with Gasteiger partial charge in [0.05, 0.1) is 6.04 Å². The van der Waals surface area contributed by atoms with E-state index < -0.39 is 0 Å². The van der Waals surface area contributed by atoms with Gasteiger partial charge < -0.3 is 20.3 Å². The molecule has 1 aromatic carbocycles. The Morgan fingerprint density at radius 2 is 2.09 bits per heavy atom. The van der Waals surface area contributed by atoms with E-state index in [1.165, 1.54) is 6.42 Å². The van der Waals surface area contributed by atoms with Crippen molar-refractivity contribution >= 4 is 5.91 Å². The van der Waals surface area contributed by atoms with Crippen LogP contribution < -0.4 is 15.4 Å². The van der Waals surface area contributed by atoms with Crippen LogP contribution in [0.5, 0.6) is 5.75 Å². The van der Waals surface area contributed by atoms with E-state index in [9.17, 15) is 4.79 Å². The van der Waals surface area contributed by atoms with E-state index >= 15 is 0 Å². The fraction of sp³-hybridized carbons (Fsp3) is 0.588. The van der Waals surface area contributed by atoms with Crippen LogP contribution in [-0.4, -0.2) is 50.6 Å². The lowest BCUT2D eigenvalue weighted by atomic mass is 10.0. The number of nitrogens with one attached hydrogen (secondary N) is 2. The maximum absolute atomic E-state index is 12.0. The first-order valence-electron chi connectivity index (χ1n) is 8.03. The quantitative estimate of drug-likeness (QED) is 0.799. The molecule has 0 bridgehead atoms. The third kappa shape index (κ3) is 5.66. The van der Waals surface area contributed by atoms with Crippen molar-refractivity contribution in [2.45, 2.75) is 31.8 Å².